The Labute approximate surface area is 128 Å². The monoisotopic (exact) mass is 325 g/mol. The van der Waals surface area contributed by atoms with Crippen LogP contribution in [-0.2, 0) is 9.59 Å². The van der Waals surface area contributed by atoms with Crippen LogP contribution in [0.15, 0.2) is 12.2 Å². The highest BCUT2D eigenvalue weighted by Crippen LogP contribution is 2.53. The molecule has 3 nitrogen and oxygen atoms in total. The van der Waals surface area contributed by atoms with Gasteiger partial charge in [-0.2, -0.15) is 0 Å². The zero-order chi connectivity index (χ0) is 16.6. The molecule has 2 aliphatic carbocycles. The molecule has 2 bridgehead atoms. The molecule has 1 saturated heterocycles. The summed E-state index contributed by atoms with van der Waals surface area (Å²) in [6.45, 7) is 0.882. The zero-order valence-electron chi connectivity index (χ0n) is 11.9. The molecular formula is C16H11F4NO2. The van der Waals surface area contributed by atoms with Crippen molar-refractivity contribution >= 4 is 17.5 Å². The van der Waals surface area contributed by atoms with E-state index in [0.29, 0.717) is 6.42 Å². The predicted molar refractivity (Wildman–Crippen MR) is 71.2 cm³/mol. The average Bonchev–Trinajstić information content (AvgIpc) is 3.20. The molecule has 4 rings (SSSR count). The number of hydrogen-bond donors (Lipinski definition) is 0. The number of nitrogens with zero attached hydrogens (tertiary/aromatic N) is 1. The molecule has 1 aromatic rings. The van der Waals surface area contributed by atoms with Crippen LogP contribution in [0.1, 0.15) is 12.0 Å². The minimum atomic E-state index is -1.72. The van der Waals surface area contributed by atoms with Crippen molar-refractivity contribution in [1.82, 2.24) is 0 Å². The number of amides is 2. The molecule has 7 heteroatoms. The first-order valence-electron chi connectivity index (χ1n) is 7.23. The lowest BCUT2D eigenvalue weighted by atomic mass is 9.85. The van der Waals surface area contributed by atoms with Gasteiger partial charge in [0.15, 0.2) is 23.3 Å². The lowest BCUT2D eigenvalue weighted by molar-refractivity contribution is -0.123. The summed E-state index contributed by atoms with van der Waals surface area (Å²) in [5.74, 6) is -9.97. The van der Waals surface area contributed by atoms with Crippen LogP contribution in [0.5, 0.6) is 0 Å². The Kier molecular flexibility index (Phi) is 2.77. The number of rotatable bonds is 1. The first kappa shape index (κ1) is 14.4. The molecule has 1 saturated carbocycles. The fraction of sp³-hybridized carbons (Fsp3) is 0.375. The molecule has 3 aliphatic rings. The second-order valence-corrected chi connectivity index (χ2v) is 6.24. The maximum atomic E-state index is 14.1. The maximum absolute atomic E-state index is 14.1. The van der Waals surface area contributed by atoms with Gasteiger partial charge < -0.3 is 0 Å². The highest BCUT2D eigenvalue weighted by Gasteiger charge is 2.60. The molecule has 0 N–H and O–H groups in total. The van der Waals surface area contributed by atoms with E-state index in [2.05, 4.69) is 0 Å². The molecule has 2 fully saturated rings. The van der Waals surface area contributed by atoms with Gasteiger partial charge in [-0.3, -0.25) is 9.59 Å². The Balaban J connectivity index is 1.88. The van der Waals surface area contributed by atoms with Gasteiger partial charge in [0, 0.05) is 5.56 Å². The van der Waals surface area contributed by atoms with Gasteiger partial charge in [0.2, 0.25) is 11.8 Å². The summed E-state index contributed by atoms with van der Waals surface area (Å²) in [4.78, 5) is 25.3. The Morgan fingerprint density at radius 2 is 1.30 bits per heavy atom. The Morgan fingerprint density at radius 1 is 0.870 bits per heavy atom. The minimum Gasteiger partial charge on any atom is -0.274 e. The second-order valence-electron chi connectivity index (χ2n) is 6.24. The van der Waals surface area contributed by atoms with Gasteiger partial charge in [-0.25, -0.2) is 22.5 Å². The minimum absolute atomic E-state index is 0.169. The van der Waals surface area contributed by atoms with Crippen molar-refractivity contribution in [3.8, 4) is 0 Å². The third-order valence-electron chi connectivity index (χ3n) is 5.15. The van der Waals surface area contributed by atoms with Gasteiger partial charge in [0.25, 0.3) is 0 Å². The molecule has 4 unspecified atom stereocenters. The Morgan fingerprint density at radius 3 is 1.74 bits per heavy atom. The van der Waals surface area contributed by atoms with E-state index in [1.807, 2.05) is 12.2 Å². The molecule has 0 spiro atoms. The molecular weight excluding hydrogens is 314 g/mol. The smallest absolute Gasteiger partial charge is 0.238 e. The molecule has 0 aromatic heterocycles. The molecule has 120 valence electrons. The highest BCUT2D eigenvalue weighted by atomic mass is 19.2. The summed E-state index contributed by atoms with van der Waals surface area (Å²) in [5, 5.41) is 0. The summed E-state index contributed by atoms with van der Waals surface area (Å²) < 4.78 is 55.8. The summed E-state index contributed by atoms with van der Waals surface area (Å²) in [5.41, 5.74) is -2.07. The van der Waals surface area contributed by atoms with E-state index in [1.165, 1.54) is 0 Å². The van der Waals surface area contributed by atoms with Gasteiger partial charge >= 0.3 is 0 Å². The topological polar surface area (TPSA) is 37.4 Å². The summed E-state index contributed by atoms with van der Waals surface area (Å²) in [6, 6.07) is 0. The SMILES string of the molecule is Cc1c(F)c(F)c(N2C(=O)C3C4C=CC(C4)C3C2=O)c(F)c1F. The zero-order valence-corrected chi connectivity index (χ0v) is 11.9. The molecule has 1 heterocycles. The fourth-order valence-electron chi connectivity index (χ4n) is 4.05. The van der Waals surface area contributed by atoms with Crippen LogP contribution in [0.25, 0.3) is 0 Å². The van der Waals surface area contributed by atoms with Crippen molar-refractivity contribution in [3.63, 3.8) is 0 Å². The normalized spacial score (nSPS) is 31.4. The van der Waals surface area contributed by atoms with Crippen LogP contribution in [-0.4, -0.2) is 11.8 Å². The number of anilines is 1. The maximum Gasteiger partial charge on any atom is 0.238 e. The molecule has 4 atom stereocenters. The number of allylic oxidation sites excluding steroid dienone is 2. The van der Waals surface area contributed by atoms with Gasteiger partial charge in [-0.15, -0.1) is 0 Å². The van der Waals surface area contributed by atoms with E-state index in [1.54, 1.807) is 0 Å². The van der Waals surface area contributed by atoms with Crippen LogP contribution in [0, 0.1) is 53.9 Å². The number of hydrogen-bond acceptors (Lipinski definition) is 2. The largest absolute Gasteiger partial charge is 0.274 e. The van der Waals surface area contributed by atoms with Crippen molar-refractivity contribution < 1.29 is 27.2 Å². The third kappa shape index (κ3) is 1.59. The number of halogens is 4. The van der Waals surface area contributed by atoms with Crippen molar-refractivity contribution in [1.29, 1.82) is 0 Å². The quantitative estimate of drug-likeness (QED) is 0.345. The van der Waals surface area contributed by atoms with E-state index in [9.17, 15) is 27.2 Å². The first-order chi connectivity index (χ1) is 10.8. The van der Waals surface area contributed by atoms with E-state index in [-0.39, 0.29) is 16.7 Å². The van der Waals surface area contributed by atoms with Gasteiger partial charge in [-0.05, 0) is 25.2 Å². The standard InChI is InChI=1S/C16H11F4NO2/c1-5-10(17)12(19)14(13(20)11(5)18)21-15(22)8-6-2-3-7(4-6)9(8)16(21)23/h2-3,6-9H,4H2,1H3. The molecule has 1 aromatic carbocycles. The van der Waals surface area contributed by atoms with Gasteiger partial charge in [-0.1, -0.05) is 12.2 Å². The summed E-state index contributed by atoms with van der Waals surface area (Å²) in [7, 11) is 0. The number of carbonyl (C=O) groups excluding carboxylic acids is 2. The van der Waals surface area contributed by atoms with Crippen LogP contribution in [0.4, 0.5) is 23.2 Å². The Hall–Kier alpha value is -2.18. The van der Waals surface area contributed by atoms with Crippen LogP contribution in [0.3, 0.4) is 0 Å². The van der Waals surface area contributed by atoms with E-state index < -0.39 is 58.2 Å². The third-order valence-corrected chi connectivity index (χ3v) is 5.15. The molecule has 2 amide bonds. The molecule has 23 heavy (non-hydrogen) atoms. The molecule has 1 aliphatic heterocycles. The number of imide groups is 1. The van der Waals surface area contributed by atoms with Crippen LogP contribution >= 0.6 is 0 Å². The first-order valence-corrected chi connectivity index (χ1v) is 7.23. The second kappa shape index (κ2) is 4.43. The summed E-state index contributed by atoms with van der Waals surface area (Å²) in [6.07, 6.45) is 4.26. The van der Waals surface area contributed by atoms with Gasteiger partial charge in [0.1, 0.15) is 5.69 Å². The van der Waals surface area contributed by atoms with Crippen molar-refractivity contribution in [3.05, 3.63) is 41.0 Å². The number of fused-ring (bicyclic) bond motifs is 5. The lowest BCUT2D eigenvalue weighted by Gasteiger charge is -2.19. The van der Waals surface area contributed by atoms with E-state index >= 15 is 0 Å². The van der Waals surface area contributed by atoms with E-state index in [0.717, 1.165) is 6.92 Å². The van der Waals surface area contributed by atoms with E-state index in [4.69, 9.17) is 0 Å². The highest BCUT2D eigenvalue weighted by molar-refractivity contribution is 6.23. The lowest BCUT2D eigenvalue weighted by Crippen LogP contribution is -2.35. The predicted octanol–water partition coefficient (Wildman–Crippen LogP) is 2.86. The average molecular weight is 325 g/mol. The Bertz CT molecular complexity index is 745. The van der Waals surface area contributed by atoms with Crippen molar-refractivity contribution in [2.45, 2.75) is 13.3 Å². The fourth-order valence-corrected chi connectivity index (χ4v) is 4.05. The number of carbonyl (C=O) groups is 2. The summed E-state index contributed by atoms with van der Waals surface area (Å²) >= 11 is 0. The number of benzene rings is 1. The van der Waals surface area contributed by atoms with Gasteiger partial charge in [0.05, 0.1) is 11.8 Å². The van der Waals surface area contributed by atoms with Crippen LogP contribution in [0.2, 0.25) is 0 Å². The van der Waals surface area contributed by atoms with Crippen LogP contribution < -0.4 is 4.90 Å². The molecule has 0 radical (unpaired) electrons. The van der Waals surface area contributed by atoms with Crippen molar-refractivity contribution in [2.24, 2.45) is 23.7 Å². The van der Waals surface area contributed by atoms with Crippen molar-refractivity contribution in [2.75, 3.05) is 4.90 Å².